The van der Waals surface area contributed by atoms with Crippen molar-refractivity contribution < 1.29 is 0 Å². The first-order valence-electron chi connectivity index (χ1n) is 15.0. The molecule has 9 rings (SSSR count). The van der Waals surface area contributed by atoms with E-state index in [0.717, 1.165) is 28.3 Å². The molecule has 0 spiro atoms. The van der Waals surface area contributed by atoms with Gasteiger partial charge in [0.05, 0.1) is 27.8 Å². The summed E-state index contributed by atoms with van der Waals surface area (Å²) in [7, 11) is 0. The minimum atomic E-state index is 0.911. The van der Waals surface area contributed by atoms with Gasteiger partial charge in [-0.25, -0.2) is 4.98 Å². The van der Waals surface area contributed by atoms with Gasteiger partial charge in [-0.1, -0.05) is 121 Å². The Morgan fingerprint density at radius 3 is 1.73 bits per heavy atom. The standard InChI is InChI=1S/C41H27N3/c1-3-12-28(13-4-1)29-22-24-31(25-23-29)43-37-20-10-8-17-34(37)40-38(43)27-26-33-32-16-7-9-19-36(32)44(41(33)40)39-21-11-18-35(42-39)30-14-5-2-6-15-30/h1-27H. The minimum absolute atomic E-state index is 0.911. The second kappa shape index (κ2) is 9.82. The van der Waals surface area contributed by atoms with Crippen molar-refractivity contribution in [2.75, 3.05) is 0 Å². The molecule has 6 aromatic carbocycles. The second-order valence-electron chi connectivity index (χ2n) is 11.2. The van der Waals surface area contributed by atoms with Crippen LogP contribution in [-0.4, -0.2) is 14.1 Å². The molecule has 3 nitrogen and oxygen atoms in total. The molecule has 0 saturated carbocycles. The lowest BCUT2D eigenvalue weighted by molar-refractivity contribution is 1.09. The largest absolute Gasteiger partial charge is 0.309 e. The van der Waals surface area contributed by atoms with Crippen LogP contribution in [-0.2, 0) is 0 Å². The van der Waals surface area contributed by atoms with Gasteiger partial charge in [0.15, 0.2) is 0 Å². The Balaban J connectivity index is 1.35. The molecule has 3 heteroatoms. The molecule has 0 fully saturated rings. The van der Waals surface area contributed by atoms with Gasteiger partial charge in [-0.3, -0.25) is 4.57 Å². The zero-order chi connectivity index (χ0) is 29.0. The van der Waals surface area contributed by atoms with E-state index in [4.69, 9.17) is 4.98 Å². The number of nitrogens with zero attached hydrogens (tertiary/aromatic N) is 3. The monoisotopic (exact) mass is 561 g/mol. The summed E-state index contributed by atoms with van der Waals surface area (Å²) in [6.07, 6.45) is 0. The van der Waals surface area contributed by atoms with Crippen LogP contribution in [0.15, 0.2) is 164 Å². The van der Waals surface area contributed by atoms with Crippen LogP contribution in [0.4, 0.5) is 0 Å². The van der Waals surface area contributed by atoms with Crippen LogP contribution in [0.1, 0.15) is 0 Å². The lowest BCUT2D eigenvalue weighted by Crippen LogP contribution is -1.99. The van der Waals surface area contributed by atoms with Crippen molar-refractivity contribution in [3.63, 3.8) is 0 Å². The van der Waals surface area contributed by atoms with E-state index in [0.29, 0.717) is 0 Å². The molecule has 0 amide bonds. The Hall–Kier alpha value is -5.93. The fourth-order valence-electron chi connectivity index (χ4n) is 6.78. The maximum Gasteiger partial charge on any atom is 0.138 e. The summed E-state index contributed by atoms with van der Waals surface area (Å²) in [5.74, 6) is 0.911. The average molecular weight is 562 g/mol. The van der Waals surface area contributed by atoms with Crippen LogP contribution in [0.3, 0.4) is 0 Å². The molecule has 9 aromatic rings. The molecule has 0 unspecified atom stereocenters. The van der Waals surface area contributed by atoms with Gasteiger partial charge in [-0.15, -0.1) is 0 Å². The lowest BCUT2D eigenvalue weighted by Gasteiger charge is -2.11. The second-order valence-corrected chi connectivity index (χ2v) is 11.2. The van der Waals surface area contributed by atoms with E-state index in [2.05, 4.69) is 167 Å². The average Bonchev–Trinajstić information content (AvgIpc) is 3.62. The molecular formula is C41H27N3. The van der Waals surface area contributed by atoms with Crippen LogP contribution >= 0.6 is 0 Å². The van der Waals surface area contributed by atoms with Crippen molar-refractivity contribution in [2.24, 2.45) is 0 Å². The van der Waals surface area contributed by atoms with E-state index in [9.17, 15) is 0 Å². The van der Waals surface area contributed by atoms with Crippen molar-refractivity contribution in [1.29, 1.82) is 0 Å². The molecule has 0 aliphatic heterocycles. The van der Waals surface area contributed by atoms with E-state index in [1.54, 1.807) is 0 Å². The third kappa shape index (κ3) is 3.73. The number of hydrogen-bond donors (Lipinski definition) is 0. The third-order valence-electron chi connectivity index (χ3n) is 8.74. The number of fused-ring (bicyclic) bond motifs is 7. The molecular weight excluding hydrogens is 534 g/mol. The van der Waals surface area contributed by atoms with Crippen molar-refractivity contribution in [3.8, 4) is 33.9 Å². The highest BCUT2D eigenvalue weighted by atomic mass is 15.1. The Morgan fingerprint density at radius 2 is 0.977 bits per heavy atom. The maximum atomic E-state index is 5.23. The topological polar surface area (TPSA) is 22.8 Å². The number of pyridine rings is 1. The van der Waals surface area contributed by atoms with E-state index in [-0.39, 0.29) is 0 Å². The first kappa shape index (κ1) is 24.6. The summed E-state index contributed by atoms with van der Waals surface area (Å²) in [6, 6.07) is 58.2. The molecule has 206 valence electrons. The highest BCUT2D eigenvalue weighted by molar-refractivity contribution is 6.26. The van der Waals surface area contributed by atoms with Crippen LogP contribution < -0.4 is 0 Å². The zero-order valence-corrected chi connectivity index (χ0v) is 23.9. The smallest absolute Gasteiger partial charge is 0.138 e. The molecule has 0 radical (unpaired) electrons. The molecule has 44 heavy (non-hydrogen) atoms. The Labute approximate surface area is 254 Å². The summed E-state index contributed by atoms with van der Waals surface area (Å²) in [5, 5.41) is 4.90. The molecule has 0 N–H and O–H groups in total. The summed E-state index contributed by atoms with van der Waals surface area (Å²) < 4.78 is 4.75. The van der Waals surface area contributed by atoms with Gasteiger partial charge in [0, 0.05) is 32.8 Å². The zero-order valence-electron chi connectivity index (χ0n) is 23.9. The van der Waals surface area contributed by atoms with E-state index >= 15 is 0 Å². The predicted octanol–water partition coefficient (Wildman–Crippen LogP) is 10.6. The van der Waals surface area contributed by atoms with Gasteiger partial charge < -0.3 is 4.57 Å². The maximum absolute atomic E-state index is 5.23. The number of para-hydroxylation sites is 2. The summed E-state index contributed by atoms with van der Waals surface area (Å²) in [6.45, 7) is 0. The van der Waals surface area contributed by atoms with Crippen molar-refractivity contribution in [2.45, 2.75) is 0 Å². The van der Waals surface area contributed by atoms with Gasteiger partial charge >= 0.3 is 0 Å². The van der Waals surface area contributed by atoms with E-state index in [1.807, 2.05) is 6.07 Å². The fourth-order valence-corrected chi connectivity index (χ4v) is 6.78. The number of aromatic nitrogens is 3. The van der Waals surface area contributed by atoms with Crippen LogP contribution in [0.25, 0.3) is 77.5 Å². The van der Waals surface area contributed by atoms with E-state index in [1.165, 1.54) is 49.2 Å². The molecule has 0 atom stereocenters. The first-order valence-corrected chi connectivity index (χ1v) is 15.0. The van der Waals surface area contributed by atoms with Gasteiger partial charge in [0.1, 0.15) is 5.82 Å². The number of hydrogen-bond acceptors (Lipinski definition) is 1. The SMILES string of the molecule is c1ccc(-c2ccc(-n3c4ccccc4c4c3ccc3c5ccccc5n(-c5cccc(-c6ccccc6)n5)c34)cc2)cc1. The number of benzene rings is 6. The fraction of sp³-hybridized carbons (Fsp3) is 0. The van der Waals surface area contributed by atoms with Crippen molar-refractivity contribution >= 4 is 43.6 Å². The Kier molecular flexibility index (Phi) is 5.50. The third-order valence-corrected chi connectivity index (χ3v) is 8.74. The van der Waals surface area contributed by atoms with Crippen molar-refractivity contribution in [3.05, 3.63) is 164 Å². The summed E-state index contributed by atoms with van der Waals surface area (Å²) in [4.78, 5) is 5.23. The highest BCUT2D eigenvalue weighted by Crippen LogP contribution is 2.42. The van der Waals surface area contributed by atoms with Crippen molar-refractivity contribution in [1.82, 2.24) is 14.1 Å². The van der Waals surface area contributed by atoms with Crippen LogP contribution in [0.2, 0.25) is 0 Å². The lowest BCUT2D eigenvalue weighted by atomic mass is 10.1. The van der Waals surface area contributed by atoms with Gasteiger partial charge in [-0.2, -0.15) is 0 Å². The Morgan fingerprint density at radius 1 is 0.364 bits per heavy atom. The molecule has 0 aliphatic rings. The summed E-state index contributed by atoms with van der Waals surface area (Å²) in [5.41, 5.74) is 10.3. The summed E-state index contributed by atoms with van der Waals surface area (Å²) >= 11 is 0. The molecule has 3 heterocycles. The van der Waals surface area contributed by atoms with Gasteiger partial charge in [0.25, 0.3) is 0 Å². The molecule has 0 aliphatic carbocycles. The predicted molar refractivity (Wildman–Crippen MR) is 184 cm³/mol. The number of rotatable bonds is 4. The minimum Gasteiger partial charge on any atom is -0.309 e. The Bertz CT molecular complexity index is 2470. The van der Waals surface area contributed by atoms with Crippen LogP contribution in [0, 0.1) is 0 Å². The highest BCUT2D eigenvalue weighted by Gasteiger charge is 2.21. The van der Waals surface area contributed by atoms with Gasteiger partial charge in [0.2, 0.25) is 0 Å². The molecule has 0 saturated heterocycles. The van der Waals surface area contributed by atoms with Gasteiger partial charge in [-0.05, 0) is 53.6 Å². The quantitative estimate of drug-likeness (QED) is 0.210. The normalized spacial score (nSPS) is 11.6. The van der Waals surface area contributed by atoms with E-state index < -0.39 is 0 Å². The molecule has 3 aromatic heterocycles. The van der Waals surface area contributed by atoms with Crippen LogP contribution in [0.5, 0.6) is 0 Å². The molecule has 0 bridgehead atoms. The first-order chi connectivity index (χ1) is 21.8.